The molecule has 0 saturated carbocycles. The van der Waals surface area contributed by atoms with Crippen LogP contribution in [-0.2, 0) is 17.1 Å². The van der Waals surface area contributed by atoms with Gasteiger partial charge in [0.2, 0.25) is 0 Å². The first-order chi connectivity index (χ1) is 9.85. The maximum absolute atomic E-state index is 13.9. The predicted octanol–water partition coefficient (Wildman–Crippen LogP) is 0.455. The number of aromatic nitrogens is 2. The van der Waals surface area contributed by atoms with Crippen LogP contribution in [-0.4, -0.2) is 29.2 Å². The fourth-order valence-corrected chi connectivity index (χ4v) is 2.83. The van der Waals surface area contributed by atoms with Gasteiger partial charge < -0.3 is 10.9 Å². The van der Waals surface area contributed by atoms with Crippen LogP contribution >= 0.6 is 0 Å². The van der Waals surface area contributed by atoms with E-state index in [-0.39, 0.29) is 22.1 Å². The Labute approximate surface area is 119 Å². The summed E-state index contributed by atoms with van der Waals surface area (Å²) in [5, 5.41) is 14.9. The van der Waals surface area contributed by atoms with Crippen LogP contribution in [0, 0.1) is 5.82 Å². The van der Waals surface area contributed by atoms with E-state index in [1.54, 1.807) is 0 Å². The van der Waals surface area contributed by atoms with Gasteiger partial charge in [0, 0.05) is 12.6 Å². The topological polar surface area (TPSA) is 123 Å². The van der Waals surface area contributed by atoms with E-state index in [1.165, 1.54) is 31.4 Å². The van der Waals surface area contributed by atoms with Crippen molar-refractivity contribution in [3.63, 3.8) is 0 Å². The first-order valence-electron chi connectivity index (χ1n) is 5.63. The molecule has 10 heteroatoms. The highest BCUT2D eigenvalue weighted by atomic mass is 32.2. The molecule has 21 heavy (non-hydrogen) atoms. The van der Waals surface area contributed by atoms with Gasteiger partial charge in [-0.15, -0.1) is 0 Å². The van der Waals surface area contributed by atoms with E-state index >= 15 is 0 Å². The molecule has 2 rings (SSSR count). The Morgan fingerprint density at radius 1 is 1.48 bits per heavy atom. The Morgan fingerprint density at radius 2 is 2.19 bits per heavy atom. The lowest BCUT2D eigenvalue weighted by Crippen LogP contribution is -2.18. The Morgan fingerprint density at radius 3 is 2.71 bits per heavy atom. The molecule has 0 unspecified atom stereocenters. The molecule has 0 spiro atoms. The van der Waals surface area contributed by atoms with Crippen molar-refractivity contribution in [1.82, 2.24) is 9.78 Å². The summed E-state index contributed by atoms with van der Waals surface area (Å²) < 4.78 is 41.3. The lowest BCUT2D eigenvalue weighted by molar-refractivity contribution is 0.318. The molecular weight excluding hydrogens is 301 g/mol. The second-order valence-corrected chi connectivity index (χ2v) is 5.71. The molecule has 0 saturated heterocycles. The van der Waals surface area contributed by atoms with Gasteiger partial charge in [0.05, 0.1) is 11.9 Å². The van der Waals surface area contributed by atoms with Gasteiger partial charge in [-0.3, -0.25) is 9.40 Å². The molecule has 0 amide bonds. The van der Waals surface area contributed by atoms with Crippen LogP contribution < -0.4 is 10.5 Å². The summed E-state index contributed by atoms with van der Waals surface area (Å²) in [6.07, 6.45) is 1.31. The van der Waals surface area contributed by atoms with Gasteiger partial charge in [-0.2, -0.15) is 13.5 Å². The van der Waals surface area contributed by atoms with Crippen LogP contribution in [0.2, 0.25) is 0 Å². The number of hydrogen-bond donors (Lipinski definition) is 3. The minimum atomic E-state index is -3.96. The summed E-state index contributed by atoms with van der Waals surface area (Å²) in [6, 6.07) is 4.73. The summed E-state index contributed by atoms with van der Waals surface area (Å²) in [5.74, 6) is -1.14. The smallest absolute Gasteiger partial charge is 0.279 e. The third-order valence-corrected chi connectivity index (χ3v) is 4.11. The number of hydrogen-bond acceptors (Lipinski definition) is 5. The number of oxime groups is 1. The quantitative estimate of drug-likeness (QED) is 0.327. The molecular formula is C11H12FN5O3S. The lowest BCUT2D eigenvalue weighted by atomic mass is 10.2. The molecule has 0 fully saturated rings. The van der Waals surface area contributed by atoms with Crippen molar-refractivity contribution in [1.29, 1.82) is 0 Å². The van der Waals surface area contributed by atoms with Crippen LogP contribution in [0.4, 0.5) is 10.1 Å². The number of amidine groups is 1. The fourth-order valence-electron chi connectivity index (χ4n) is 1.64. The average Bonchev–Trinajstić information content (AvgIpc) is 2.87. The number of rotatable bonds is 4. The molecule has 1 heterocycles. The summed E-state index contributed by atoms with van der Waals surface area (Å²) in [5.41, 5.74) is 5.19. The number of aryl methyl sites for hydroxylation is 1. The van der Waals surface area contributed by atoms with E-state index in [0.717, 1.165) is 10.7 Å². The van der Waals surface area contributed by atoms with E-state index in [2.05, 4.69) is 15.0 Å². The zero-order valence-electron chi connectivity index (χ0n) is 10.9. The molecule has 2 aromatic rings. The monoisotopic (exact) mass is 313 g/mol. The molecule has 0 aliphatic heterocycles. The fraction of sp³-hybridized carbons (Fsp3) is 0.0909. The van der Waals surface area contributed by atoms with Gasteiger partial charge in [0.15, 0.2) is 10.9 Å². The van der Waals surface area contributed by atoms with Gasteiger partial charge in [0.1, 0.15) is 5.82 Å². The molecule has 1 aromatic carbocycles. The molecule has 0 radical (unpaired) electrons. The molecule has 1 aromatic heterocycles. The second-order valence-electron chi connectivity index (χ2n) is 4.08. The van der Waals surface area contributed by atoms with Crippen LogP contribution in [0.25, 0.3) is 0 Å². The van der Waals surface area contributed by atoms with Crippen molar-refractivity contribution in [3.8, 4) is 0 Å². The Balaban J connectivity index is 2.35. The number of nitrogens with one attached hydrogen (secondary N) is 1. The molecule has 0 bridgehead atoms. The van der Waals surface area contributed by atoms with Crippen molar-refractivity contribution in [2.45, 2.75) is 5.03 Å². The minimum absolute atomic E-state index is 0.109. The standard InChI is InChI=1S/C11H12FN5O3S/c1-17-10(4-5-14-17)21(19,20)16-9-3-2-7(6-8(9)12)11(13)15-18/h2-6,16,18H,1H3,(H2,13,15). The normalized spacial score (nSPS) is 12.4. The second kappa shape index (κ2) is 5.40. The van der Waals surface area contributed by atoms with E-state index in [9.17, 15) is 12.8 Å². The molecule has 4 N–H and O–H groups in total. The highest BCUT2D eigenvalue weighted by molar-refractivity contribution is 7.92. The zero-order valence-corrected chi connectivity index (χ0v) is 11.7. The SMILES string of the molecule is Cn1nccc1S(=O)(=O)Nc1ccc(/C(N)=N/O)cc1F. The molecule has 8 nitrogen and oxygen atoms in total. The average molecular weight is 313 g/mol. The summed E-state index contributed by atoms with van der Waals surface area (Å²) in [6.45, 7) is 0. The largest absolute Gasteiger partial charge is 0.409 e. The summed E-state index contributed by atoms with van der Waals surface area (Å²) in [7, 11) is -2.51. The number of nitrogens with two attached hydrogens (primary N) is 1. The Bertz CT molecular complexity index is 800. The van der Waals surface area contributed by atoms with Gasteiger partial charge in [-0.05, 0) is 24.3 Å². The number of anilines is 1. The van der Waals surface area contributed by atoms with Crippen LogP contribution in [0.1, 0.15) is 5.56 Å². The van der Waals surface area contributed by atoms with E-state index < -0.39 is 15.8 Å². The first kappa shape index (κ1) is 14.8. The maximum Gasteiger partial charge on any atom is 0.279 e. The Hall–Kier alpha value is -2.62. The molecule has 0 aliphatic carbocycles. The third kappa shape index (κ3) is 2.94. The molecule has 112 valence electrons. The van der Waals surface area contributed by atoms with Crippen LogP contribution in [0.15, 0.2) is 40.6 Å². The number of nitrogens with zero attached hydrogens (tertiary/aromatic N) is 3. The van der Waals surface area contributed by atoms with Crippen molar-refractivity contribution in [2.75, 3.05) is 4.72 Å². The highest BCUT2D eigenvalue weighted by Crippen LogP contribution is 2.20. The zero-order chi connectivity index (χ0) is 15.6. The van der Waals surface area contributed by atoms with E-state index in [4.69, 9.17) is 10.9 Å². The van der Waals surface area contributed by atoms with Crippen molar-refractivity contribution in [2.24, 2.45) is 17.9 Å². The number of benzene rings is 1. The van der Waals surface area contributed by atoms with Gasteiger partial charge in [0.25, 0.3) is 10.0 Å². The van der Waals surface area contributed by atoms with Crippen molar-refractivity contribution in [3.05, 3.63) is 41.8 Å². The number of halogens is 1. The van der Waals surface area contributed by atoms with Gasteiger partial charge >= 0.3 is 0 Å². The predicted molar refractivity (Wildman–Crippen MR) is 72.9 cm³/mol. The van der Waals surface area contributed by atoms with Crippen LogP contribution in [0.3, 0.4) is 0 Å². The van der Waals surface area contributed by atoms with E-state index in [0.29, 0.717) is 0 Å². The summed E-state index contributed by atoms with van der Waals surface area (Å²) >= 11 is 0. The van der Waals surface area contributed by atoms with Gasteiger partial charge in [-0.25, -0.2) is 4.39 Å². The Kier molecular flexibility index (Phi) is 3.80. The first-order valence-corrected chi connectivity index (χ1v) is 7.12. The van der Waals surface area contributed by atoms with E-state index in [1.807, 2.05) is 0 Å². The van der Waals surface area contributed by atoms with Gasteiger partial charge in [-0.1, -0.05) is 5.16 Å². The minimum Gasteiger partial charge on any atom is -0.409 e. The van der Waals surface area contributed by atoms with Crippen LogP contribution in [0.5, 0.6) is 0 Å². The molecule has 0 aliphatic rings. The third-order valence-electron chi connectivity index (χ3n) is 2.67. The molecule has 0 atom stereocenters. The summed E-state index contributed by atoms with van der Waals surface area (Å²) in [4.78, 5) is 0. The highest BCUT2D eigenvalue weighted by Gasteiger charge is 2.20. The van der Waals surface area contributed by atoms with Crippen molar-refractivity contribution >= 4 is 21.5 Å². The lowest BCUT2D eigenvalue weighted by Gasteiger charge is -2.09. The van der Waals surface area contributed by atoms with Crippen molar-refractivity contribution < 1.29 is 18.0 Å². The number of sulfonamides is 1. The maximum atomic E-state index is 13.9.